The summed E-state index contributed by atoms with van der Waals surface area (Å²) in [6, 6.07) is 9.54. The lowest BCUT2D eigenvalue weighted by Crippen LogP contribution is -2.56. The predicted molar refractivity (Wildman–Crippen MR) is 84.6 cm³/mol. The second-order valence-corrected chi connectivity index (χ2v) is 5.74. The van der Waals surface area contributed by atoms with Gasteiger partial charge in [0.15, 0.2) is 0 Å². The first-order valence-corrected chi connectivity index (χ1v) is 7.90. The highest BCUT2D eigenvalue weighted by atomic mass is 16.5. The van der Waals surface area contributed by atoms with Crippen LogP contribution in [0.15, 0.2) is 30.3 Å². The van der Waals surface area contributed by atoms with E-state index in [-0.39, 0.29) is 17.9 Å². The number of carbonyl (C=O) groups is 2. The van der Waals surface area contributed by atoms with Gasteiger partial charge in [0.2, 0.25) is 5.91 Å². The lowest BCUT2D eigenvalue weighted by Gasteiger charge is -2.35. The molecule has 1 aromatic carbocycles. The number of alkyl carbamates (subject to hydrolysis) is 1. The van der Waals surface area contributed by atoms with Gasteiger partial charge in [-0.2, -0.15) is 0 Å². The average molecular weight is 304 g/mol. The van der Waals surface area contributed by atoms with Gasteiger partial charge in [-0.3, -0.25) is 4.79 Å². The van der Waals surface area contributed by atoms with Gasteiger partial charge in [-0.1, -0.05) is 43.7 Å². The molecule has 1 aliphatic rings. The first-order chi connectivity index (χ1) is 10.6. The van der Waals surface area contributed by atoms with Crippen molar-refractivity contribution in [1.82, 2.24) is 10.6 Å². The van der Waals surface area contributed by atoms with E-state index in [1.54, 1.807) is 0 Å². The van der Waals surface area contributed by atoms with Crippen LogP contribution < -0.4 is 10.6 Å². The SMILES string of the molecule is CCCCOC(=O)N[C@H]1C[C@@H](c2ccccc2)[C@@H](C)NC1=O. The number of amides is 2. The molecule has 5 nitrogen and oxygen atoms in total. The molecule has 120 valence electrons. The average Bonchev–Trinajstić information content (AvgIpc) is 2.51. The summed E-state index contributed by atoms with van der Waals surface area (Å²) >= 11 is 0. The zero-order valence-corrected chi connectivity index (χ0v) is 13.2. The van der Waals surface area contributed by atoms with Crippen molar-refractivity contribution >= 4 is 12.0 Å². The fraction of sp³-hybridized carbons (Fsp3) is 0.529. The van der Waals surface area contributed by atoms with Gasteiger partial charge >= 0.3 is 6.09 Å². The predicted octanol–water partition coefficient (Wildman–Crippen LogP) is 2.57. The van der Waals surface area contributed by atoms with Crippen molar-refractivity contribution in [1.29, 1.82) is 0 Å². The summed E-state index contributed by atoms with van der Waals surface area (Å²) in [5, 5.41) is 5.62. The Morgan fingerprint density at radius 3 is 2.77 bits per heavy atom. The van der Waals surface area contributed by atoms with Gasteiger partial charge < -0.3 is 15.4 Å². The molecule has 2 N–H and O–H groups in total. The summed E-state index contributed by atoms with van der Waals surface area (Å²) in [5.74, 6) is 0.0342. The molecule has 0 bridgehead atoms. The van der Waals surface area contributed by atoms with Crippen LogP contribution in [-0.4, -0.2) is 30.7 Å². The number of rotatable bonds is 5. The lowest BCUT2D eigenvalue weighted by atomic mass is 9.83. The first kappa shape index (κ1) is 16.3. The van der Waals surface area contributed by atoms with Crippen LogP contribution in [0.4, 0.5) is 4.79 Å². The topological polar surface area (TPSA) is 67.4 Å². The molecule has 1 fully saturated rings. The van der Waals surface area contributed by atoms with Crippen molar-refractivity contribution in [3.05, 3.63) is 35.9 Å². The summed E-state index contributed by atoms with van der Waals surface area (Å²) in [7, 11) is 0. The first-order valence-electron chi connectivity index (χ1n) is 7.90. The molecule has 1 heterocycles. The molecule has 0 aliphatic carbocycles. The lowest BCUT2D eigenvalue weighted by molar-refractivity contribution is -0.125. The van der Waals surface area contributed by atoms with Gasteiger partial charge in [0, 0.05) is 12.0 Å². The Hall–Kier alpha value is -2.04. The molecule has 1 saturated heterocycles. The molecular weight excluding hydrogens is 280 g/mol. The van der Waals surface area contributed by atoms with Crippen molar-refractivity contribution in [2.75, 3.05) is 6.61 Å². The molecule has 5 heteroatoms. The third kappa shape index (κ3) is 4.23. The summed E-state index contributed by atoms with van der Waals surface area (Å²) in [4.78, 5) is 23.8. The summed E-state index contributed by atoms with van der Waals surface area (Å²) in [6.07, 6.45) is 1.86. The molecule has 2 amide bonds. The van der Waals surface area contributed by atoms with E-state index in [0.29, 0.717) is 13.0 Å². The molecular formula is C17H24N2O3. The zero-order valence-electron chi connectivity index (χ0n) is 13.2. The maximum atomic E-state index is 12.1. The van der Waals surface area contributed by atoms with E-state index in [9.17, 15) is 9.59 Å². The Kier molecular flexibility index (Phi) is 5.81. The highest BCUT2D eigenvalue weighted by Gasteiger charge is 2.35. The molecule has 1 aromatic rings. The van der Waals surface area contributed by atoms with Crippen LogP contribution in [-0.2, 0) is 9.53 Å². The van der Waals surface area contributed by atoms with Crippen molar-refractivity contribution in [2.45, 2.75) is 51.1 Å². The largest absolute Gasteiger partial charge is 0.450 e. The summed E-state index contributed by atoms with van der Waals surface area (Å²) in [6.45, 7) is 4.40. The Morgan fingerprint density at radius 2 is 2.09 bits per heavy atom. The monoisotopic (exact) mass is 304 g/mol. The van der Waals surface area contributed by atoms with Crippen LogP contribution in [0.25, 0.3) is 0 Å². The Labute approximate surface area is 131 Å². The molecule has 0 saturated carbocycles. The van der Waals surface area contributed by atoms with Crippen molar-refractivity contribution in [2.24, 2.45) is 0 Å². The normalized spacial score (nSPS) is 24.5. The zero-order chi connectivity index (χ0) is 15.9. The number of hydrogen-bond acceptors (Lipinski definition) is 3. The highest BCUT2D eigenvalue weighted by Crippen LogP contribution is 2.28. The molecule has 0 aromatic heterocycles. The second kappa shape index (κ2) is 7.82. The van der Waals surface area contributed by atoms with E-state index in [0.717, 1.165) is 12.8 Å². The number of carbonyl (C=O) groups excluding carboxylic acids is 2. The van der Waals surface area contributed by atoms with E-state index in [1.807, 2.05) is 32.0 Å². The van der Waals surface area contributed by atoms with E-state index in [2.05, 4.69) is 22.8 Å². The van der Waals surface area contributed by atoms with E-state index in [4.69, 9.17) is 4.74 Å². The second-order valence-electron chi connectivity index (χ2n) is 5.74. The van der Waals surface area contributed by atoms with Crippen LogP contribution in [0.1, 0.15) is 44.6 Å². The molecule has 2 rings (SSSR count). The van der Waals surface area contributed by atoms with Gasteiger partial charge in [-0.05, 0) is 25.3 Å². The third-order valence-corrected chi connectivity index (χ3v) is 4.03. The highest BCUT2D eigenvalue weighted by molar-refractivity contribution is 5.86. The molecule has 1 aliphatic heterocycles. The van der Waals surface area contributed by atoms with Gasteiger partial charge in [0.05, 0.1) is 6.61 Å². The minimum absolute atomic E-state index is 0.0454. The van der Waals surface area contributed by atoms with Gasteiger partial charge in [-0.15, -0.1) is 0 Å². The van der Waals surface area contributed by atoms with Crippen molar-refractivity contribution in [3.8, 4) is 0 Å². The Balaban J connectivity index is 1.96. The minimum atomic E-state index is -0.546. The molecule has 0 spiro atoms. The van der Waals surface area contributed by atoms with E-state index in [1.165, 1.54) is 5.56 Å². The number of benzene rings is 1. The fourth-order valence-electron chi connectivity index (χ4n) is 2.73. The molecule has 22 heavy (non-hydrogen) atoms. The smallest absolute Gasteiger partial charge is 0.407 e. The van der Waals surface area contributed by atoms with Crippen LogP contribution in [0.2, 0.25) is 0 Å². The number of nitrogens with one attached hydrogen (secondary N) is 2. The van der Waals surface area contributed by atoms with Crippen LogP contribution in [0, 0.1) is 0 Å². The maximum absolute atomic E-state index is 12.1. The van der Waals surface area contributed by atoms with Gasteiger partial charge in [0.25, 0.3) is 0 Å². The summed E-state index contributed by atoms with van der Waals surface area (Å²) < 4.78 is 5.07. The molecule has 0 unspecified atom stereocenters. The summed E-state index contributed by atoms with van der Waals surface area (Å²) in [5.41, 5.74) is 1.17. The molecule has 0 radical (unpaired) electrons. The van der Waals surface area contributed by atoms with Gasteiger partial charge in [-0.25, -0.2) is 4.79 Å². The molecule has 3 atom stereocenters. The van der Waals surface area contributed by atoms with Crippen LogP contribution in [0.5, 0.6) is 0 Å². The standard InChI is InChI=1S/C17H24N2O3/c1-3-4-10-22-17(21)19-15-11-14(12(2)18-16(15)20)13-8-6-5-7-9-13/h5-9,12,14-15H,3-4,10-11H2,1-2H3,(H,18,20)(H,19,21)/t12-,14-,15+/m1/s1. The van der Waals surface area contributed by atoms with Crippen LogP contribution >= 0.6 is 0 Å². The Morgan fingerprint density at radius 1 is 1.36 bits per heavy atom. The van der Waals surface area contributed by atoms with Crippen molar-refractivity contribution in [3.63, 3.8) is 0 Å². The number of unbranched alkanes of at least 4 members (excludes halogenated alkanes) is 1. The van der Waals surface area contributed by atoms with E-state index < -0.39 is 12.1 Å². The quantitative estimate of drug-likeness (QED) is 0.822. The maximum Gasteiger partial charge on any atom is 0.407 e. The Bertz CT molecular complexity index is 504. The number of piperidine rings is 1. The third-order valence-electron chi connectivity index (χ3n) is 4.03. The number of ether oxygens (including phenoxy) is 1. The minimum Gasteiger partial charge on any atom is -0.450 e. The van der Waals surface area contributed by atoms with Gasteiger partial charge in [0.1, 0.15) is 6.04 Å². The van der Waals surface area contributed by atoms with Crippen molar-refractivity contribution < 1.29 is 14.3 Å². The van der Waals surface area contributed by atoms with Crippen LogP contribution in [0.3, 0.4) is 0 Å². The van der Waals surface area contributed by atoms with E-state index >= 15 is 0 Å². The number of hydrogen-bond donors (Lipinski definition) is 2. The fourth-order valence-corrected chi connectivity index (χ4v) is 2.73.